The van der Waals surface area contributed by atoms with Gasteiger partial charge in [-0.15, -0.1) is 11.3 Å². The van der Waals surface area contributed by atoms with Gasteiger partial charge in [0.25, 0.3) is 5.91 Å². The van der Waals surface area contributed by atoms with Gasteiger partial charge in [0.15, 0.2) is 5.82 Å². The van der Waals surface area contributed by atoms with Gasteiger partial charge >= 0.3 is 0 Å². The summed E-state index contributed by atoms with van der Waals surface area (Å²) in [5.74, 6) is -2.23. The summed E-state index contributed by atoms with van der Waals surface area (Å²) in [5.41, 5.74) is 5.08. The molecule has 2 aromatic rings. The standard InChI is InChI=1S/C11H6Br2F2N2OS/c12-5-3-8(19-10(5)13)11(18)17-9-6(15)1-4(14)2-7(9)16/h1-3H,16H2,(H,17,18). The summed E-state index contributed by atoms with van der Waals surface area (Å²) < 4.78 is 27.9. The zero-order chi connectivity index (χ0) is 14.2. The van der Waals surface area contributed by atoms with E-state index in [1.54, 1.807) is 6.07 Å². The number of hydrogen-bond donors (Lipinski definition) is 2. The third-order valence-electron chi connectivity index (χ3n) is 2.19. The Kier molecular flexibility index (Phi) is 4.22. The number of amides is 1. The van der Waals surface area contributed by atoms with E-state index in [-0.39, 0.29) is 11.4 Å². The van der Waals surface area contributed by atoms with E-state index < -0.39 is 17.5 Å². The zero-order valence-corrected chi connectivity index (χ0v) is 13.1. The molecule has 100 valence electrons. The lowest BCUT2D eigenvalue weighted by molar-refractivity contribution is 0.103. The second kappa shape index (κ2) is 5.56. The summed E-state index contributed by atoms with van der Waals surface area (Å²) in [6, 6.07) is 3.19. The molecule has 0 spiro atoms. The molecule has 1 aromatic carbocycles. The fourth-order valence-electron chi connectivity index (χ4n) is 1.36. The Morgan fingerprint density at radius 3 is 2.47 bits per heavy atom. The van der Waals surface area contributed by atoms with Gasteiger partial charge < -0.3 is 11.1 Å². The van der Waals surface area contributed by atoms with Crippen LogP contribution in [0.2, 0.25) is 0 Å². The third-order valence-corrected chi connectivity index (χ3v) is 5.45. The first-order valence-corrected chi connectivity index (χ1v) is 7.29. The van der Waals surface area contributed by atoms with Crippen molar-refractivity contribution in [3.63, 3.8) is 0 Å². The van der Waals surface area contributed by atoms with Crippen LogP contribution in [0.4, 0.5) is 20.2 Å². The summed E-state index contributed by atoms with van der Waals surface area (Å²) in [6.07, 6.45) is 0. The van der Waals surface area contributed by atoms with Crippen LogP contribution in [0.5, 0.6) is 0 Å². The van der Waals surface area contributed by atoms with Crippen LogP contribution in [0.25, 0.3) is 0 Å². The number of rotatable bonds is 2. The average molecular weight is 412 g/mol. The Hall–Kier alpha value is -0.990. The van der Waals surface area contributed by atoms with E-state index in [2.05, 4.69) is 37.2 Å². The average Bonchev–Trinajstić information content (AvgIpc) is 2.64. The molecule has 0 radical (unpaired) electrons. The van der Waals surface area contributed by atoms with E-state index in [4.69, 9.17) is 5.73 Å². The lowest BCUT2D eigenvalue weighted by Gasteiger charge is -2.08. The van der Waals surface area contributed by atoms with Crippen molar-refractivity contribution in [3.05, 3.63) is 43.0 Å². The predicted octanol–water partition coefficient (Wildman–Crippen LogP) is 4.39. The van der Waals surface area contributed by atoms with Crippen LogP contribution in [0.15, 0.2) is 26.5 Å². The first-order chi connectivity index (χ1) is 8.88. The van der Waals surface area contributed by atoms with Crippen LogP contribution in [0.1, 0.15) is 9.67 Å². The molecular formula is C11H6Br2F2N2OS. The van der Waals surface area contributed by atoms with Crippen LogP contribution >= 0.6 is 43.2 Å². The number of carbonyl (C=O) groups is 1. The topological polar surface area (TPSA) is 55.1 Å². The number of halogens is 4. The van der Waals surface area contributed by atoms with Gasteiger partial charge in [0, 0.05) is 10.5 Å². The summed E-state index contributed by atoms with van der Waals surface area (Å²) in [7, 11) is 0. The van der Waals surface area contributed by atoms with E-state index in [0.29, 0.717) is 10.9 Å². The second-order valence-electron chi connectivity index (χ2n) is 3.54. The van der Waals surface area contributed by atoms with Gasteiger partial charge in [-0.05, 0) is 44.0 Å². The highest BCUT2D eigenvalue weighted by molar-refractivity contribution is 9.13. The molecule has 1 heterocycles. The molecule has 3 N–H and O–H groups in total. The van der Waals surface area contributed by atoms with Crippen molar-refractivity contribution >= 4 is 60.5 Å². The molecule has 2 rings (SSSR count). The number of thiophene rings is 1. The zero-order valence-electron chi connectivity index (χ0n) is 9.14. The Morgan fingerprint density at radius 1 is 1.26 bits per heavy atom. The minimum absolute atomic E-state index is 0.166. The predicted molar refractivity (Wildman–Crippen MR) is 78.4 cm³/mol. The second-order valence-corrected chi connectivity index (χ2v) is 6.76. The highest BCUT2D eigenvalue weighted by atomic mass is 79.9. The van der Waals surface area contributed by atoms with Crippen molar-refractivity contribution in [2.45, 2.75) is 0 Å². The maximum absolute atomic E-state index is 13.5. The summed E-state index contributed by atoms with van der Waals surface area (Å²) in [6.45, 7) is 0. The fraction of sp³-hybridized carbons (Fsp3) is 0. The summed E-state index contributed by atoms with van der Waals surface area (Å²) in [5, 5.41) is 2.33. The van der Waals surface area contributed by atoms with E-state index in [1.165, 1.54) is 11.3 Å². The first-order valence-electron chi connectivity index (χ1n) is 4.89. The number of benzene rings is 1. The van der Waals surface area contributed by atoms with Crippen molar-refractivity contribution in [2.24, 2.45) is 0 Å². The highest BCUT2D eigenvalue weighted by Crippen LogP contribution is 2.33. The third kappa shape index (κ3) is 3.13. The van der Waals surface area contributed by atoms with Crippen LogP contribution in [0, 0.1) is 11.6 Å². The van der Waals surface area contributed by atoms with Crippen molar-refractivity contribution in [2.75, 3.05) is 11.1 Å². The van der Waals surface area contributed by atoms with Gasteiger partial charge in [-0.25, -0.2) is 8.78 Å². The molecule has 0 fully saturated rings. The molecule has 0 saturated carbocycles. The Labute approximate surface area is 128 Å². The summed E-state index contributed by atoms with van der Waals surface area (Å²) in [4.78, 5) is 12.3. The van der Waals surface area contributed by atoms with Gasteiger partial charge in [-0.2, -0.15) is 0 Å². The van der Waals surface area contributed by atoms with Crippen molar-refractivity contribution in [1.82, 2.24) is 0 Å². The van der Waals surface area contributed by atoms with Crippen LogP contribution in [-0.4, -0.2) is 5.91 Å². The number of nitrogens with one attached hydrogen (secondary N) is 1. The van der Waals surface area contributed by atoms with Crippen LogP contribution in [-0.2, 0) is 0 Å². The Balaban J connectivity index is 2.29. The smallest absolute Gasteiger partial charge is 0.265 e. The molecule has 0 aliphatic heterocycles. The van der Waals surface area contributed by atoms with Crippen LogP contribution in [0.3, 0.4) is 0 Å². The van der Waals surface area contributed by atoms with Gasteiger partial charge in [-0.1, -0.05) is 0 Å². The van der Waals surface area contributed by atoms with Gasteiger partial charge in [0.05, 0.1) is 14.4 Å². The van der Waals surface area contributed by atoms with E-state index in [0.717, 1.165) is 14.3 Å². The quantitative estimate of drug-likeness (QED) is 0.720. The number of carbonyl (C=O) groups excluding carboxylic acids is 1. The van der Waals surface area contributed by atoms with Gasteiger partial charge in [-0.3, -0.25) is 4.79 Å². The molecule has 0 saturated heterocycles. The van der Waals surface area contributed by atoms with Crippen molar-refractivity contribution in [1.29, 1.82) is 0 Å². The largest absolute Gasteiger partial charge is 0.397 e. The summed E-state index contributed by atoms with van der Waals surface area (Å²) >= 11 is 7.67. The Bertz CT molecular complexity index is 618. The number of anilines is 2. The highest BCUT2D eigenvalue weighted by Gasteiger charge is 2.16. The van der Waals surface area contributed by atoms with E-state index in [9.17, 15) is 13.6 Å². The minimum atomic E-state index is -0.916. The van der Waals surface area contributed by atoms with E-state index >= 15 is 0 Å². The Morgan fingerprint density at radius 2 is 1.95 bits per heavy atom. The molecular weight excluding hydrogens is 406 g/mol. The SMILES string of the molecule is Nc1cc(F)cc(F)c1NC(=O)c1cc(Br)c(Br)s1. The molecule has 0 aliphatic carbocycles. The lowest BCUT2D eigenvalue weighted by Crippen LogP contribution is -2.13. The molecule has 1 aromatic heterocycles. The lowest BCUT2D eigenvalue weighted by atomic mass is 10.2. The van der Waals surface area contributed by atoms with Gasteiger partial charge in [0.2, 0.25) is 0 Å². The fourth-order valence-corrected chi connectivity index (χ4v) is 3.29. The van der Waals surface area contributed by atoms with Gasteiger partial charge in [0.1, 0.15) is 11.5 Å². The molecule has 0 atom stereocenters. The minimum Gasteiger partial charge on any atom is -0.397 e. The molecule has 1 amide bonds. The number of hydrogen-bond acceptors (Lipinski definition) is 3. The molecule has 19 heavy (non-hydrogen) atoms. The molecule has 0 bridgehead atoms. The molecule has 0 aliphatic rings. The normalized spacial score (nSPS) is 10.5. The number of nitrogens with two attached hydrogens (primary N) is 1. The van der Waals surface area contributed by atoms with Crippen LogP contribution < -0.4 is 11.1 Å². The van der Waals surface area contributed by atoms with Crippen molar-refractivity contribution < 1.29 is 13.6 Å². The molecule has 3 nitrogen and oxygen atoms in total. The maximum atomic E-state index is 13.5. The van der Waals surface area contributed by atoms with E-state index in [1.807, 2.05) is 0 Å². The molecule has 0 unspecified atom stereocenters. The first kappa shape index (κ1) is 14.4. The maximum Gasteiger partial charge on any atom is 0.265 e. The molecule has 8 heteroatoms. The number of nitrogen functional groups attached to an aromatic ring is 1. The monoisotopic (exact) mass is 410 g/mol. The van der Waals surface area contributed by atoms with Crippen molar-refractivity contribution in [3.8, 4) is 0 Å².